The number of aromatic nitrogens is 2. The van der Waals surface area contributed by atoms with Crippen LogP contribution in [0, 0.1) is 5.82 Å². The molecule has 8 nitrogen and oxygen atoms in total. The molecule has 1 saturated heterocycles. The largest absolute Gasteiger partial charge is 0.478 e. The van der Waals surface area contributed by atoms with Crippen LogP contribution in [0.4, 0.5) is 10.1 Å². The number of rotatable bonds is 5. The average Bonchev–Trinajstić information content (AvgIpc) is 3.08. The van der Waals surface area contributed by atoms with Crippen LogP contribution < -0.4 is 4.72 Å². The molecule has 3 rings (SSSR count). The Hall–Kier alpha value is -2.46. The molecule has 0 atom stereocenters. The summed E-state index contributed by atoms with van der Waals surface area (Å²) >= 11 is 0. The fraction of sp³-hybridized carbons (Fsp3) is 0.333. The normalized spacial score (nSPS) is 15.9. The number of aromatic carboxylic acids is 1. The topological polar surface area (TPSA) is 111 Å². The second kappa shape index (κ2) is 6.81. The Kier molecular flexibility index (Phi) is 4.73. The summed E-state index contributed by atoms with van der Waals surface area (Å²) in [5.41, 5.74) is -0.657. The van der Waals surface area contributed by atoms with E-state index in [1.54, 1.807) is 4.68 Å². The summed E-state index contributed by atoms with van der Waals surface area (Å²) in [6, 6.07) is 2.92. The molecule has 0 radical (unpaired) electrons. The Morgan fingerprint density at radius 3 is 2.76 bits per heavy atom. The van der Waals surface area contributed by atoms with E-state index >= 15 is 0 Å². The number of nitrogens with one attached hydrogen (secondary N) is 1. The Morgan fingerprint density at radius 2 is 2.08 bits per heavy atom. The summed E-state index contributed by atoms with van der Waals surface area (Å²) in [5.74, 6) is -2.15. The average molecular weight is 369 g/mol. The van der Waals surface area contributed by atoms with E-state index in [4.69, 9.17) is 9.84 Å². The number of sulfonamides is 1. The van der Waals surface area contributed by atoms with Crippen LogP contribution in [0.25, 0.3) is 0 Å². The van der Waals surface area contributed by atoms with Crippen molar-refractivity contribution in [2.24, 2.45) is 0 Å². The van der Waals surface area contributed by atoms with Gasteiger partial charge in [-0.05, 0) is 31.0 Å². The van der Waals surface area contributed by atoms with E-state index in [1.165, 1.54) is 12.4 Å². The van der Waals surface area contributed by atoms with Crippen LogP contribution in [0.3, 0.4) is 0 Å². The van der Waals surface area contributed by atoms with Crippen molar-refractivity contribution in [1.29, 1.82) is 0 Å². The van der Waals surface area contributed by atoms with Crippen molar-refractivity contribution in [2.75, 3.05) is 17.9 Å². The van der Waals surface area contributed by atoms with Crippen LogP contribution >= 0.6 is 0 Å². The number of anilines is 1. The number of carbonyl (C=O) groups is 1. The fourth-order valence-corrected chi connectivity index (χ4v) is 3.55. The SMILES string of the molecule is O=C(O)c1ccc(F)c(NS(=O)(=O)c2cnn(C3CCOCC3)c2)c1. The molecule has 1 aliphatic heterocycles. The zero-order valence-electron chi connectivity index (χ0n) is 13.1. The molecule has 0 unspecified atom stereocenters. The minimum absolute atomic E-state index is 0.0461. The molecule has 1 aromatic carbocycles. The van der Waals surface area contributed by atoms with Crippen LogP contribution in [-0.4, -0.2) is 42.5 Å². The first-order valence-electron chi connectivity index (χ1n) is 7.54. The van der Waals surface area contributed by atoms with E-state index in [0.29, 0.717) is 13.2 Å². The number of hydrogen-bond acceptors (Lipinski definition) is 5. The predicted molar refractivity (Wildman–Crippen MR) is 85.5 cm³/mol. The third-order valence-corrected chi connectivity index (χ3v) is 5.23. The Labute approximate surface area is 143 Å². The Bertz CT molecular complexity index is 890. The van der Waals surface area contributed by atoms with E-state index in [9.17, 15) is 17.6 Å². The molecule has 2 N–H and O–H groups in total. The van der Waals surface area contributed by atoms with Gasteiger partial charge in [-0.2, -0.15) is 5.10 Å². The van der Waals surface area contributed by atoms with Gasteiger partial charge in [-0.25, -0.2) is 17.6 Å². The van der Waals surface area contributed by atoms with Crippen molar-refractivity contribution >= 4 is 21.7 Å². The van der Waals surface area contributed by atoms with Gasteiger partial charge in [0.1, 0.15) is 10.7 Å². The lowest BCUT2D eigenvalue weighted by Crippen LogP contribution is -2.20. The number of hydrogen-bond donors (Lipinski definition) is 2. The van der Waals surface area contributed by atoms with Crippen molar-refractivity contribution in [3.05, 3.63) is 42.0 Å². The summed E-state index contributed by atoms with van der Waals surface area (Å²) < 4.78 is 47.6. The molecule has 10 heteroatoms. The van der Waals surface area contributed by atoms with Crippen molar-refractivity contribution in [3.8, 4) is 0 Å². The zero-order chi connectivity index (χ0) is 18.0. The summed E-state index contributed by atoms with van der Waals surface area (Å²) in [7, 11) is -4.09. The van der Waals surface area contributed by atoms with Gasteiger partial charge in [0.2, 0.25) is 0 Å². The van der Waals surface area contributed by atoms with Gasteiger partial charge < -0.3 is 9.84 Å². The van der Waals surface area contributed by atoms with E-state index < -0.39 is 27.5 Å². The summed E-state index contributed by atoms with van der Waals surface area (Å²) in [6.07, 6.45) is 4.00. The third-order valence-electron chi connectivity index (χ3n) is 3.91. The molecule has 134 valence electrons. The monoisotopic (exact) mass is 369 g/mol. The number of ether oxygens (including phenoxy) is 1. The third kappa shape index (κ3) is 3.80. The number of nitrogens with zero attached hydrogens (tertiary/aromatic N) is 2. The molecule has 2 heterocycles. The van der Waals surface area contributed by atoms with Crippen LogP contribution in [0.2, 0.25) is 0 Å². The highest BCUT2D eigenvalue weighted by Crippen LogP contribution is 2.24. The zero-order valence-corrected chi connectivity index (χ0v) is 13.9. The molecule has 0 spiro atoms. The quantitative estimate of drug-likeness (QED) is 0.832. The highest BCUT2D eigenvalue weighted by Gasteiger charge is 2.22. The molecule has 0 bridgehead atoms. The first kappa shape index (κ1) is 17.4. The first-order valence-corrected chi connectivity index (χ1v) is 9.03. The van der Waals surface area contributed by atoms with Crippen LogP contribution in [0.1, 0.15) is 29.2 Å². The standard InChI is InChI=1S/C15H16FN3O5S/c16-13-2-1-10(15(20)21)7-14(13)18-25(22,23)12-8-17-19(9-12)11-3-5-24-6-4-11/h1-2,7-9,11,18H,3-6H2,(H,20,21). The molecular weight excluding hydrogens is 353 g/mol. The van der Waals surface area contributed by atoms with Crippen LogP contribution in [0.15, 0.2) is 35.5 Å². The summed E-state index contributed by atoms with van der Waals surface area (Å²) in [5, 5.41) is 13.0. The van der Waals surface area contributed by atoms with E-state index in [-0.39, 0.29) is 16.5 Å². The van der Waals surface area contributed by atoms with Crippen LogP contribution in [0.5, 0.6) is 0 Å². The van der Waals surface area contributed by atoms with Crippen molar-refractivity contribution in [2.45, 2.75) is 23.8 Å². The van der Waals surface area contributed by atoms with E-state index in [2.05, 4.69) is 9.82 Å². The smallest absolute Gasteiger partial charge is 0.335 e. The van der Waals surface area contributed by atoms with Gasteiger partial charge in [0.05, 0.1) is 23.5 Å². The number of carboxylic acids is 1. The Balaban J connectivity index is 1.84. The second-order valence-electron chi connectivity index (χ2n) is 5.60. The lowest BCUT2D eigenvalue weighted by molar-refractivity contribution is 0.0661. The molecule has 0 saturated carbocycles. The molecular formula is C15H16FN3O5S. The fourth-order valence-electron chi connectivity index (χ4n) is 2.55. The van der Waals surface area contributed by atoms with Gasteiger partial charge in [-0.1, -0.05) is 0 Å². The molecule has 1 aliphatic rings. The van der Waals surface area contributed by atoms with Gasteiger partial charge in [-0.3, -0.25) is 9.40 Å². The van der Waals surface area contributed by atoms with Gasteiger partial charge in [0, 0.05) is 19.4 Å². The second-order valence-corrected chi connectivity index (χ2v) is 7.29. The molecule has 1 fully saturated rings. The van der Waals surface area contributed by atoms with Crippen LogP contribution in [-0.2, 0) is 14.8 Å². The minimum Gasteiger partial charge on any atom is -0.478 e. The van der Waals surface area contributed by atoms with E-state index in [0.717, 1.165) is 31.0 Å². The van der Waals surface area contributed by atoms with Gasteiger partial charge in [0.25, 0.3) is 10.0 Å². The lowest BCUT2D eigenvalue weighted by Gasteiger charge is -2.22. The maximum atomic E-state index is 13.8. The minimum atomic E-state index is -4.09. The van der Waals surface area contributed by atoms with Crippen molar-refractivity contribution < 1.29 is 27.4 Å². The Morgan fingerprint density at radius 1 is 1.36 bits per heavy atom. The molecule has 2 aromatic rings. The highest BCUT2D eigenvalue weighted by atomic mass is 32.2. The maximum absolute atomic E-state index is 13.8. The lowest BCUT2D eigenvalue weighted by atomic mass is 10.1. The summed E-state index contributed by atoms with van der Waals surface area (Å²) in [6.45, 7) is 1.16. The van der Waals surface area contributed by atoms with Crippen molar-refractivity contribution in [3.63, 3.8) is 0 Å². The molecule has 0 aliphatic carbocycles. The number of halogens is 1. The number of benzene rings is 1. The predicted octanol–water partition coefficient (Wildman–Crippen LogP) is 1.87. The molecule has 0 amide bonds. The molecule has 25 heavy (non-hydrogen) atoms. The van der Waals surface area contributed by atoms with Gasteiger partial charge in [0.15, 0.2) is 0 Å². The van der Waals surface area contributed by atoms with E-state index in [1.807, 2.05) is 0 Å². The number of carboxylic acid groups (broad SMARTS) is 1. The molecule has 1 aromatic heterocycles. The summed E-state index contributed by atoms with van der Waals surface area (Å²) in [4.78, 5) is 10.8. The van der Waals surface area contributed by atoms with Gasteiger partial charge in [-0.15, -0.1) is 0 Å². The highest BCUT2D eigenvalue weighted by molar-refractivity contribution is 7.92. The van der Waals surface area contributed by atoms with Crippen molar-refractivity contribution in [1.82, 2.24) is 9.78 Å². The maximum Gasteiger partial charge on any atom is 0.335 e. The van der Waals surface area contributed by atoms with Gasteiger partial charge >= 0.3 is 5.97 Å². The first-order chi connectivity index (χ1) is 11.9.